The second kappa shape index (κ2) is 10.1. The number of amides is 1. The fourth-order valence-corrected chi connectivity index (χ4v) is 3.58. The maximum absolute atomic E-state index is 11.5. The summed E-state index contributed by atoms with van der Waals surface area (Å²) in [6, 6.07) is 17.0. The summed E-state index contributed by atoms with van der Waals surface area (Å²) in [5.41, 5.74) is 4.92. The van der Waals surface area contributed by atoms with Gasteiger partial charge < -0.3 is 9.88 Å². The van der Waals surface area contributed by atoms with Crippen molar-refractivity contribution in [3.05, 3.63) is 65.5 Å². The molecule has 0 saturated carbocycles. The fraction of sp³-hybridized carbons (Fsp3) is 0.417. The molecule has 1 aromatic heterocycles. The molecular formula is C24H31N3O. The van der Waals surface area contributed by atoms with E-state index >= 15 is 0 Å². The molecule has 28 heavy (non-hydrogen) atoms. The van der Waals surface area contributed by atoms with E-state index in [2.05, 4.69) is 65.3 Å². The first kappa shape index (κ1) is 20.1. The molecule has 0 aliphatic heterocycles. The molecule has 3 rings (SSSR count). The number of aromatic nitrogens is 2. The molecule has 4 nitrogen and oxygen atoms in total. The highest BCUT2D eigenvalue weighted by atomic mass is 16.1. The van der Waals surface area contributed by atoms with Gasteiger partial charge in [0.25, 0.3) is 0 Å². The first-order chi connectivity index (χ1) is 13.7. The zero-order valence-corrected chi connectivity index (χ0v) is 17.1. The topological polar surface area (TPSA) is 46.9 Å². The summed E-state index contributed by atoms with van der Waals surface area (Å²) in [5, 5.41) is 2.99. The minimum Gasteiger partial charge on any atom is -0.356 e. The summed E-state index contributed by atoms with van der Waals surface area (Å²) in [6.45, 7) is 5.83. The molecule has 0 bridgehead atoms. The minimum atomic E-state index is 0.169. The molecule has 0 saturated heterocycles. The van der Waals surface area contributed by atoms with Crippen LogP contribution in [-0.2, 0) is 17.8 Å². The number of unbranched alkanes of at least 4 members (excludes halogenated alkanes) is 2. The Morgan fingerprint density at radius 3 is 2.64 bits per heavy atom. The van der Waals surface area contributed by atoms with Crippen molar-refractivity contribution in [2.45, 2.75) is 58.9 Å². The first-order valence-electron chi connectivity index (χ1n) is 10.4. The molecule has 1 amide bonds. The van der Waals surface area contributed by atoms with E-state index in [1.165, 1.54) is 16.6 Å². The van der Waals surface area contributed by atoms with Crippen molar-refractivity contribution in [2.75, 3.05) is 6.54 Å². The minimum absolute atomic E-state index is 0.169. The van der Waals surface area contributed by atoms with Gasteiger partial charge in [-0.1, -0.05) is 49.7 Å². The summed E-state index contributed by atoms with van der Waals surface area (Å²) in [7, 11) is 0. The van der Waals surface area contributed by atoms with Gasteiger partial charge in [0, 0.05) is 25.9 Å². The molecule has 0 spiro atoms. The van der Waals surface area contributed by atoms with E-state index in [0.29, 0.717) is 6.42 Å². The zero-order valence-electron chi connectivity index (χ0n) is 17.1. The van der Waals surface area contributed by atoms with Crippen molar-refractivity contribution < 1.29 is 4.79 Å². The number of carbonyl (C=O) groups excluding carboxylic acids is 1. The number of benzene rings is 2. The lowest BCUT2D eigenvalue weighted by molar-refractivity contribution is -0.121. The van der Waals surface area contributed by atoms with Crippen LogP contribution in [0.25, 0.3) is 11.0 Å². The fourth-order valence-electron chi connectivity index (χ4n) is 3.58. The lowest BCUT2D eigenvalue weighted by Crippen LogP contribution is -2.23. The Morgan fingerprint density at radius 2 is 1.82 bits per heavy atom. The van der Waals surface area contributed by atoms with Crippen LogP contribution in [0, 0.1) is 6.92 Å². The molecule has 0 fully saturated rings. The van der Waals surface area contributed by atoms with Gasteiger partial charge in [-0.2, -0.15) is 0 Å². The molecule has 2 aromatic carbocycles. The SMILES string of the molecule is CCCC(=O)NCCCCCc1nc2ccccc2n1Cc1ccccc1C. The lowest BCUT2D eigenvalue weighted by atomic mass is 10.1. The molecule has 4 heteroatoms. The molecular weight excluding hydrogens is 346 g/mol. The van der Waals surface area contributed by atoms with Crippen LogP contribution in [0.3, 0.4) is 0 Å². The van der Waals surface area contributed by atoms with Crippen molar-refractivity contribution in [1.29, 1.82) is 0 Å². The normalized spacial score (nSPS) is 11.1. The Kier molecular flexibility index (Phi) is 7.24. The smallest absolute Gasteiger partial charge is 0.219 e. The number of fused-ring (bicyclic) bond motifs is 1. The Labute approximate surface area is 168 Å². The van der Waals surface area contributed by atoms with Crippen LogP contribution in [-0.4, -0.2) is 22.0 Å². The standard InChI is InChI=1S/C24H31N3O/c1-3-11-24(28)25-17-10-4-5-16-23-26-21-14-8-9-15-22(21)27(23)18-20-13-7-6-12-19(20)2/h6-9,12-15H,3-5,10-11,16-18H2,1-2H3,(H,25,28). The summed E-state index contributed by atoms with van der Waals surface area (Å²) in [4.78, 5) is 16.4. The molecule has 148 valence electrons. The van der Waals surface area contributed by atoms with Gasteiger partial charge in [0.15, 0.2) is 0 Å². The number of nitrogens with zero attached hydrogens (tertiary/aromatic N) is 2. The molecule has 0 radical (unpaired) electrons. The van der Waals surface area contributed by atoms with Crippen molar-refractivity contribution >= 4 is 16.9 Å². The van der Waals surface area contributed by atoms with Crippen LogP contribution in [0.1, 0.15) is 56.0 Å². The Bertz CT molecular complexity index is 913. The average molecular weight is 378 g/mol. The molecule has 3 aromatic rings. The maximum Gasteiger partial charge on any atom is 0.219 e. The molecule has 0 unspecified atom stereocenters. The van der Waals surface area contributed by atoms with E-state index < -0.39 is 0 Å². The number of carbonyl (C=O) groups is 1. The van der Waals surface area contributed by atoms with E-state index in [9.17, 15) is 4.79 Å². The predicted molar refractivity (Wildman–Crippen MR) is 115 cm³/mol. The van der Waals surface area contributed by atoms with Gasteiger partial charge in [0.2, 0.25) is 5.91 Å². The number of aryl methyl sites for hydroxylation is 2. The molecule has 0 aliphatic carbocycles. The first-order valence-corrected chi connectivity index (χ1v) is 10.4. The van der Waals surface area contributed by atoms with E-state index in [1.807, 2.05) is 6.92 Å². The summed E-state index contributed by atoms with van der Waals surface area (Å²) >= 11 is 0. The summed E-state index contributed by atoms with van der Waals surface area (Å²) < 4.78 is 2.36. The van der Waals surface area contributed by atoms with Crippen LogP contribution < -0.4 is 5.32 Å². The van der Waals surface area contributed by atoms with Crippen molar-refractivity contribution in [3.8, 4) is 0 Å². The van der Waals surface area contributed by atoms with Crippen LogP contribution in [0.5, 0.6) is 0 Å². The van der Waals surface area contributed by atoms with E-state index in [0.717, 1.165) is 56.5 Å². The third kappa shape index (κ3) is 5.22. The van der Waals surface area contributed by atoms with Gasteiger partial charge in [0.05, 0.1) is 11.0 Å². The van der Waals surface area contributed by atoms with Gasteiger partial charge in [-0.3, -0.25) is 4.79 Å². The Balaban J connectivity index is 1.63. The van der Waals surface area contributed by atoms with Crippen molar-refractivity contribution in [2.24, 2.45) is 0 Å². The van der Waals surface area contributed by atoms with Crippen molar-refractivity contribution in [3.63, 3.8) is 0 Å². The number of imidazole rings is 1. The van der Waals surface area contributed by atoms with E-state index in [4.69, 9.17) is 4.98 Å². The lowest BCUT2D eigenvalue weighted by Gasteiger charge is -2.12. The third-order valence-electron chi connectivity index (χ3n) is 5.20. The van der Waals surface area contributed by atoms with Crippen LogP contribution in [0.15, 0.2) is 48.5 Å². The highest BCUT2D eigenvalue weighted by molar-refractivity contribution is 5.76. The number of nitrogens with one attached hydrogen (secondary N) is 1. The monoisotopic (exact) mass is 377 g/mol. The van der Waals surface area contributed by atoms with Gasteiger partial charge in [0.1, 0.15) is 5.82 Å². The molecule has 0 atom stereocenters. The predicted octanol–water partition coefficient (Wildman–Crippen LogP) is 5.02. The molecule has 0 aliphatic rings. The van der Waals surface area contributed by atoms with Crippen LogP contribution in [0.4, 0.5) is 0 Å². The number of hydrogen-bond acceptors (Lipinski definition) is 2. The highest BCUT2D eigenvalue weighted by Gasteiger charge is 2.11. The second-order valence-corrected chi connectivity index (χ2v) is 7.44. The van der Waals surface area contributed by atoms with Gasteiger partial charge in [-0.05, 0) is 49.4 Å². The molecule has 1 heterocycles. The number of hydrogen-bond donors (Lipinski definition) is 1. The maximum atomic E-state index is 11.5. The van der Waals surface area contributed by atoms with E-state index in [-0.39, 0.29) is 5.91 Å². The van der Waals surface area contributed by atoms with Gasteiger partial charge >= 0.3 is 0 Å². The Morgan fingerprint density at radius 1 is 1.04 bits per heavy atom. The summed E-state index contributed by atoms with van der Waals surface area (Å²) in [6.07, 6.45) is 5.70. The highest BCUT2D eigenvalue weighted by Crippen LogP contribution is 2.20. The third-order valence-corrected chi connectivity index (χ3v) is 5.20. The number of para-hydroxylation sites is 2. The summed E-state index contributed by atoms with van der Waals surface area (Å²) in [5.74, 6) is 1.32. The van der Waals surface area contributed by atoms with Crippen LogP contribution in [0.2, 0.25) is 0 Å². The van der Waals surface area contributed by atoms with E-state index in [1.54, 1.807) is 0 Å². The average Bonchev–Trinajstić information content (AvgIpc) is 3.04. The second-order valence-electron chi connectivity index (χ2n) is 7.44. The van der Waals surface area contributed by atoms with Gasteiger partial charge in [-0.25, -0.2) is 4.98 Å². The zero-order chi connectivity index (χ0) is 19.8. The number of rotatable bonds is 10. The van der Waals surface area contributed by atoms with Gasteiger partial charge in [-0.15, -0.1) is 0 Å². The van der Waals surface area contributed by atoms with Crippen LogP contribution >= 0.6 is 0 Å². The Hall–Kier alpha value is -2.62. The molecule has 1 N–H and O–H groups in total. The quantitative estimate of drug-likeness (QED) is 0.504. The largest absolute Gasteiger partial charge is 0.356 e. The van der Waals surface area contributed by atoms with Crippen molar-refractivity contribution in [1.82, 2.24) is 14.9 Å².